The fraction of sp³-hybridized carbons (Fsp3) is 0.143. The van der Waals surface area contributed by atoms with Crippen molar-refractivity contribution in [1.29, 1.82) is 0 Å². The van der Waals surface area contributed by atoms with Gasteiger partial charge in [0, 0.05) is 28.9 Å². The summed E-state index contributed by atoms with van der Waals surface area (Å²) < 4.78 is 12.3. The van der Waals surface area contributed by atoms with Gasteiger partial charge in [0.1, 0.15) is 5.25 Å². The van der Waals surface area contributed by atoms with Crippen LogP contribution in [0.3, 0.4) is 0 Å². The molecular formula is C14H14N2O2S. The van der Waals surface area contributed by atoms with Crippen LogP contribution in [0.5, 0.6) is 0 Å². The quantitative estimate of drug-likeness (QED) is 0.899. The van der Waals surface area contributed by atoms with E-state index in [0.717, 1.165) is 5.56 Å². The lowest BCUT2D eigenvalue weighted by Crippen LogP contribution is -2.25. The molecule has 5 heteroatoms. The number of rotatable bonds is 5. The number of primary amides is 1. The summed E-state index contributed by atoms with van der Waals surface area (Å²) in [5, 5.41) is -0.803. The van der Waals surface area contributed by atoms with Crippen molar-refractivity contribution in [3.8, 4) is 0 Å². The lowest BCUT2D eigenvalue weighted by molar-refractivity contribution is -0.117. The van der Waals surface area contributed by atoms with E-state index in [1.807, 2.05) is 30.3 Å². The zero-order chi connectivity index (χ0) is 13.7. The first kappa shape index (κ1) is 13.4. The lowest BCUT2D eigenvalue weighted by Gasteiger charge is -2.13. The van der Waals surface area contributed by atoms with Crippen LogP contribution in [-0.2, 0) is 21.3 Å². The third-order valence-corrected chi connectivity index (χ3v) is 4.33. The van der Waals surface area contributed by atoms with Gasteiger partial charge in [-0.1, -0.05) is 30.3 Å². The summed E-state index contributed by atoms with van der Waals surface area (Å²) in [6, 6.07) is 12.7. The largest absolute Gasteiger partial charge is 0.368 e. The first-order valence-electron chi connectivity index (χ1n) is 5.79. The topological polar surface area (TPSA) is 73.1 Å². The predicted octanol–water partition coefficient (Wildman–Crippen LogP) is 1.56. The molecular weight excluding hydrogens is 260 g/mol. The fourth-order valence-corrected chi connectivity index (χ4v) is 3.21. The molecule has 0 radical (unpaired) electrons. The average Bonchev–Trinajstić information content (AvgIpc) is 2.40. The van der Waals surface area contributed by atoms with E-state index >= 15 is 0 Å². The van der Waals surface area contributed by atoms with Crippen molar-refractivity contribution in [1.82, 2.24) is 4.98 Å². The standard InChI is InChI=1S/C14H14N2O2S/c15-14(17)13(12-6-8-16-9-7-12)19(18)10-11-4-2-1-3-5-11/h1-9,13H,10H2,(H2,15,17). The SMILES string of the molecule is NC(=O)C(c1ccncc1)S(=O)Cc1ccccc1. The second kappa shape index (κ2) is 6.24. The number of nitrogens with two attached hydrogens (primary N) is 1. The number of benzene rings is 1. The summed E-state index contributed by atoms with van der Waals surface area (Å²) >= 11 is 0. The predicted molar refractivity (Wildman–Crippen MR) is 74.5 cm³/mol. The summed E-state index contributed by atoms with van der Waals surface area (Å²) in [6.45, 7) is 0. The maximum absolute atomic E-state index is 12.3. The Morgan fingerprint density at radius 2 is 1.79 bits per heavy atom. The summed E-state index contributed by atoms with van der Waals surface area (Å²) in [5.41, 5.74) is 6.92. The zero-order valence-electron chi connectivity index (χ0n) is 10.2. The summed E-state index contributed by atoms with van der Waals surface area (Å²) in [7, 11) is -1.39. The molecule has 1 aromatic carbocycles. The summed E-state index contributed by atoms with van der Waals surface area (Å²) in [5.74, 6) is -0.281. The van der Waals surface area contributed by atoms with Crippen LogP contribution in [0.4, 0.5) is 0 Å². The van der Waals surface area contributed by atoms with Gasteiger partial charge in [-0.25, -0.2) is 0 Å². The highest BCUT2D eigenvalue weighted by atomic mass is 32.2. The normalized spacial score (nSPS) is 13.7. The third kappa shape index (κ3) is 3.48. The van der Waals surface area contributed by atoms with E-state index in [1.54, 1.807) is 24.5 Å². The Labute approximate surface area is 114 Å². The first-order valence-corrected chi connectivity index (χ1v) is 7.17. The van der Waals surface area contributed by atoms with Crippen molar-refractivity contribution < 1.29 is 9.00 Å². The van der Waals surface area contributed by atoms with E-state index in [2.05, 4.69) is 4.98 Å². The van der Waals surface area contributed by atoms with Crippen LogP contribution < -0.4 is 5.73 Å². The molecule has 0 aliphatic carbocycles. The average molecular weight is 274 g/mol. The molecule has 0 aliphatic rings. The number of pyridine rings is 1. The van der Waals surface area contributed by atoms with Crippen LogP contribution in [0.2, 0.25) is 0 Å². The molecule has 19 heavy (non-hydrogen) atoms. The second-order valence-electron chi connectivity index (χ2n) is 4.07. The molecule has 0 aliphatic heterocycles. The minimum absolute atomic E-state index is 0.302. The lowest BCUT2D eigenvalue weighted by atomic mass is 10.2. The zero-order valence-corrected chi connectivity index (χ0v) is 11.0. The van der Waals surface area contributed by atoms with Gasteiger partial charge in [-0.15, -0.1) is 0 Å². The van der Waals surface area contributed by atoms with Crippen molar-refractivity contribution in [3.63, 3.8) is 0 Å². The highest BCUT2D eigenvalue weighted by molar-refractivity contribution is 7.85. The van der Waals surface area contributed by atoms with Crippen molar-refractivity contribution in [2.75, 3.05) is 0 Å². The number of nitrogens with zero attached hydrogens (tertiary/aromatic N) is 1. The Hall–Kier alpha value is -2.01. The van der Waals surface area contributed by atoms with Crippen molar-refractivity contribution >= 4 is 16.7 Å². The summed E-state index contributed by atoms with van der Waals surface area (Å²) in [6.07, 6.45) is 3.12. The van der Waals surface area contributed by atoms with Gasteiger partial charge in [0.15, 0.2) is 0 Å². The molecule has 0 saturated carbocycles. The molecule has 2 N–H and O–H groups in total. The smallest absolute Gasteiger partial charge is 0.237 e. The van der Waals surface area contributed by atoms with Crippen LogP contribution in [0.15, 0.2) is 54.9 Å². The van der Waals surface area contributed by atoms with E-state index in [-0.39, 0.29) is 0 Å². The Kier molecular flexibility index (Phi) is 4.41. The number of hydrogen-bond donors (Lipinski definition) is 1. The van der Waals surface area contributed by atoms with Crippen LogP contribution in [-0.4, -0.2) is 15.1 Å². The number of carbonyl (C=O) groups excluding carboxylic acids is 1. The highest BCUT2D eigenvalue weighted by Crippen LogP contribution is 2.21. The molecule has 1 aromatic heterocycles. The Morgan fingerprint density at radius 3 is 2.37 bits per heavy atom. The van der Waals surface area contributed by atoms with Crippen molar-refractivity contribution in [3.05, 3.63) is 66.0 Å². The van der Waals surface area contributed by atoms with Crippen LogP contribution in [0, 0.1) is 0 Å². The molecule has 1 amide bonds. The van der Waals surface area contributed by atoms with Gasteiger partial charge < -0.3 is 5.73 Å². The molecule has 0 fully saturated rings. The Morgan fingerprint density at radius 1 is 1.16 bits per heavy atom. The molecule has 2 atom stereocenters. The monoisotopic (exact) mass is 274 g/mol. The van der Waals surface area contributed by atoms with Gasteiger partial charge in [0.25, 0.3) is 0 Å². The first-order chi connectivity index (χ1) is 9.18. The van der Waals surface area contributed by atoms with E-state index in [4.69, 9.17) is 5.73 Å². The van der Waals surface area contributed by atoms with E-state index in [9.17, 15) is 9.00 Å². The van der Waals surface area contributed by atoms with Gasteiger partial charge >= 0.3 is 0 Å². The Bertz CT molecular complexity index is 573. The molecule has 4 nitrogen and oxygen atoms in total. The van der Waals surface area contributed by atoms with Gasteiger partial charge in [-0.05, 0) is 23.3 Å². The number of carbonyl (C=O) groups is 1. The molecule has 98 valence electrons. The van der Waals surface area contributed by atoms with Gasteiger partial charge in [0.05, 0.1) is 0 Å². The van der Waals surface area contributed by atoms with Gasteiger partial charge in [0.2, 0.25) is 5.91 Å². The fourth-order valence-electron chi connectivity index (χ4n) is 1.81. The van der Waals surface area contributed by atoms with Crippen LogP contribution in [0.1, 0.15) is 16.4 Å². The second-order valence-corrected chi connectivity index (χ2v) is 5.60. The van der Waals surface area contributed by atoms with E-state index in [1.165, 1.54) is 0 Å². The van der Waals surface area contributed by atoms with Crippen molar-refractivity contribution in [2.24, 2.45) is 5.73 Å². The van der Waals surface area contributed by atoms with Gasteiger partial charge in [-0.2, -0.15) is 0 Å². The highest BCUT2D eigenvalue weighted by Gasteiger charge is 2.24. The van der Waals surface area contributed by atoms with Crippen LogP contribution in [0.25, 0.3) is 0 Å². The maximum atomic E-state index is 12.3. The van der Waals surface area contributed by atoms with E-state index < -0.39 is 22.0 Å². The van der Waals surface area contributed by atoms with Crippen LogP contribution >= 0.6 is 0 Å². The molecule has 2 unspecified atom stereocenters. The molecule has 0 saturated heterocycles. The molecule has 0 spiro atoms. The molecule has 2 rings (SSSR count). The minimum Gasteiger partial charge on any atom is -0.368 e. The minimum atomic E-state index is -1.39. The maximum Gasteiger partial charge on any atom is 0.237 e. The number of amides is 1. The molecule has 1 heterocycles. The number of hydrogen-bond acceptors (Lipinski definition) is 3. The summed E-state index contributed by atoms with van der Waals surface area (Å²) in [4.78, 5) is 15.4. The van der Waals surface area contributed by atoms with Crippen molar-refractivity contribution in [2.45, 2.75) is 11.0 Å². The number of aromatic nitrogens is 1. The Balaban J connectivity index is 2.21. The molecule has 0 bridgehead atoms. The van der Waals surface area contributed by atoms with E-state index in [0.29, 0.717) is 11.3 Å². The molecule has 2 aromatic rings. The van der Waals surface area contributed by atoms with Gasteiger partial charge in [-0.3, -0.25) is 14.0 Å². The third-order valence-electron chi connectivity index (χ3n) is 2.68.